The molecule has 3 nitrogen and oxygen atoms in total. The van der Waals surface area contributed by atoms with Crippen LogP contribution >= 0.6 is 35.6 Å². The third-order valence-electron chi connectivity index (χ3n) is 3.63. The lowest BCUT2D eigenvalue weighted by Crippen LogP contribution is -2.47. The molecule has 0 aliphatic carbocycles. The van der Waals surface area contributed by atoms with E-state index in [2.05, 4.69) is 10.6 Å². The summed E-state index contributed by atoms with van der Waals surface area (Å²) in [6, 6.07) is 5.66. The molecule has 1 saturated heterocycles. The molecule has 2 rings (SSSR count). The monoisotopic (exact) mass is 350 g/mol. The third-order valence-corrected chi connectivity index (χ3v) is 4.22. The number of halogens is 3. The Balaban J connectivity index is 0.00000220. The molecule has 1 heterocycles. The fourth-order valence-electron chi connectivity index (χ4n) is 2.43. The van der Waals surface area contributed by atoms with Gasteiger partial charge in [0, 0.05) is 28.5 Å². The Morgan fingerprint density at radius 3 is 2.86 bits per heavy atom. The Morgan fingerprint density at radius 2 is 2.24 bits per heavy atom. The summed E-state index contributed by atoms with van der Waals surface area (Å²) in [7, 11) is 0. The van der Waals surface area contributed by atoms with Gasteiger partial charge in [-0.05, 0) is 43.5 Å². The standard InChI is InChI=1S/C15H20Cl2N2O.ClH/c1-10(7-11-4-5-12(16)8-14(11)17)15(20)19-13-3-2-6-18-9-13;/h4-5,8,10,13,18H,2-3,6-7,9H2,1H3,(H,19,20);1H/t10?,13-;/m0./s1. The molecule has 21 heavy (non-hydrogen) atoms. The number of benzene rings is 1. The summed E-state index contributed by atoms with van der Waals surface area (Å²) in [5.74, 6) is -0.0136. The lowest BCUT2D eigenvalue weighted by molar-refractivity contribution is -0.125. The van der Waals surface area contributed by atoms with Gasteiger partial charge in [-0.25, -0.2) is 0 Å². The van der Waals surface area contributed by atoms with Gasteiger partial charge in [0.1, 0.15) is 0 Å². The third kappa shape index (κ3) is 5.67. The quantitative estimate of drug-likeness (QED) is 0.872. The van der Waals surface area contributed by atoms with E-state index in [9.17, 15) is 4.79 Å². The van der Waals surface area contributed by atoms with E-state index in [-0.39, 0.29) is 30.3 Å². The summed E-state index contributed by atoms with van der Waals surface area (Å²) >= 11 is 12.0. The molecule has 6 heteroatoms. The molecule has 1 aromatic carbocycles. The minimum absolute atomic E-state index is 0. The zero-order chi connectivity index (χ0) is 14.5. The molecule has 1 aliphatic heterocycles. The van der Waals surface area contributed by atoms with Crippen LogP contribution in [-0.4, -0.2) is 25.0 Å². The van der Waals surface area contributed by atoms with Gasteiger partial charge in [0.2, 0.25) is 5.91 Å². The van der Waals surface area contributed by atoms with Gasteiger partial charge in [0.05, 0.1) is 0 Å². The normalized spacial score (nSPS) is 19.5. The SMILES string of the molecule is CC(Cc1ccc(Cl)cc1Cl)C(=O)N[C@H]1CCCNC1.Cl. The molecule has 0 aromatic heterocycles. The predicted molar refractivity (Wildman–Crippen MR) is 90.6 cm³/mol. The average molecular weight is 352 g/mol. The molecule has 0 saturated carbocycles. The molecule has 0 bridgehead atoms. The van der Waals surface area contributed by atoms with Crippen molar-refractivity contribution in [1.82, 2.24) is 10.6 Å². The van der Waals surface area contributed by atoms with Gasteiger partial charge in [-0.15, -0.1) is 12.4 Å². The van der Waals surface area contributed by atoms with E-state index >= 15 is 0 Å². The van der Waals surface area contributed by atoms with E-state index in [4.69, 9.17) is 23.2 Å². The Labute approximate surface area is 142 Å². The van der Waals surface area contributed by atoms with Gasteiger partial charge in [-0.1, -0.05) is 36.2 Å². The molecular formula is C15H21Cl3N2O. The van der Waals surface area contributed by atoms with Gasteiger partial charge in [0.25, 0.3) is 0 Å². The highest BCUT2D eigenvalue weighted by Crippen LogP contribution is 2.23. The maximum atomic E-state index is 12.2. The second kappa shape index (κ2) is 8.84. The fourth-order valence-corrected chi connectivity index (χ4v) is 2.91. The van der Waals surface area contributed by atoms with Gasteiger partial charge < -0.3 is 10.6 Å². The first-order valence-electron chi connectivity index (χ1n) is 7.01. The summed E-state index contributed by atoms with van der Waals surface area (Å²) in [5.41, 5.74) is 0.959. The van der Waals surface area contributed by atoms with Crippen molar-refractivity contribution in [3.8, 4) is 0 Å². The van der Waals surface area contributed by atoms with Crippen molar-refractivity contribution in [3.63, 3.8) is 0 Å². The molecule has 0 spiro atoms. The molecule has 1 fully saturated rings. The van der Waals surface area contributed by atoms with Gasteiger partial charge in [-0.2, -0.15) is 0 Å². The molecule has 1 unspecified atom stereocenters. The molecule has 1 amide bonds. The summed E-state index contributed by atoms with van der Waals surface area (Å²) in [4.78, 5) is 12.2. The van der Waals surface area contributed by atoms with Crippen molar-refractivity contribution < 1.29 is 4.79 Å². The van der Waals surface area contributed by atoms with Crippen LogP contribution in [0.15, 0.2) is 18.2 Å². The Bertz CT molecular complexity index is 476. The smallest absolute Gasteiger partial charge is 0.223 e. The molecule has 1 aromatic rings. The number of hydrogen-bond acceptors (Lipinski definition) is 2. The first-order chi connectivity index (χ1) is 9.56. The molecule has 2 N–H and O–H groups in total. The summed E-state index contributed by atoms with van der Waals surface area (Å²) in [5, 5.41) is 7.63. The fraction of sp³-hybridized carbons (Fsp3) is 0.533. The number of carbonyl (C=O) groups is 1. The van der Waals surface area contributed by atoms with Crippen LogP contribution in [0.3, 0.4) is 0 Å². The minimum Gasteiger partial charge on any atom is -0.352 e. The van der Waals surface area contributed by atoms with Crippen LogP contribution in [0.4, 0.5) is 0 Å². The second-order valence-corrected chi connectivity index (χ2v) is 6.24. The van der Waals surface area contributed by atoms with Crippen molar-refractivity contribution in [1.29, 1.82) is 0 Å². The van der Waals surface area contributed by atoms with Gasteiger partial charge in [0.15, 0.2) is 0 Å². The van der Waals surface area contributed by atoms with Crippen molar-refractivity contribution in [2.75, 3.05) is 13.1 Å². The van der Waals surface area contributed by atoms with E-state index in [0.717, 1.165) is 31.5 Å². The van der Waals surface area contributed by atoms with Crippen LogP contribution < -0.4 is 10.6 Å². The number of amides is 1. The molecule has 2 atom stereocenters. The van der Waals surface area contributed by atoms with Crippen LogP contribution in [0.2, 0.25) is 10.0 Å². The highest BCUT2D eigenvalue weighted by atomic mass is 35.5. The number of carbonyl (C=O) groups excluding carboxylic acids is 1. The number of piperidine rings is 1. The summed E-state index contributed by atoms with van der Waals surface area (Å²) in [6.45, 7) is 3.83. The van der Waals surface area contributed by atoms with Gasteiger partial charge in [-0.3, -0.25) is 4.79 Å². The van der Waals surface area contributed by atoms with Crippen LogP contribution in [0.1, 0.15) is 25.3 Å². The molecule has 1 aliphatic rings. The Kier molecular flexibility index (Phi) is 7.82. The zero-order valence-corrected chi connectivity index (χ0v) is 14.3. The van der Waals surface area contributed by atoms with Crippen LogP contribution in [0, 0.1) is 5.92 Å². The number of nitrogens with one attached hydrogen (secondary N) is 2. The van der Waals surface area contributed by atoms with Crippen LogP contribution in [0.25, 0.3) is 0 Å². The molecular weight excluding hydrogens is 331 g/mol. The Hall–Kier alpha value is -0.480. The maximum absolute atomic E-state index is 12.2. The topological polar surface area (TPSA) is 41.1 Å². The lowest BCUT2D eigenvalue weighted by Gasteiger charge is -2.25. The number of rotatable bonds is 4. The van der Waals surface area contributed by atoms with Crippen LogP contribution in [0.5, 0.6) is 0 Å². The van der Waals surface area contributed by atoms with Crippen LogP contribution in [-0.2, 0) is 11.2 Å². The lowest BCUT2D eigenvalue weighted by atomic mass is 9.99. The second-order valence-electron chi connectivity index (χ2n) is 5.39. The van der Waals surface area contributed by atoms with Crippen molar-refractivity contribution >= 4 is 41.5 Å². The van der Waals surface area contributed by atoms with Gasteiger partial charge >= 0.3 is 0 Å². The average Bonchev–Trinajstić information content (AvgIpc) is 2.43. The maximum Gasteiger partial charge on any atom is 0.223 e. The van der Waals surface area contributed by atoms with Crippen molar-refractivity contribution in [3.05, 3.63) is 33.8 Å². The first-order valence-corrected chi connectivity index (χ1v) is 7.77. The molecule has 0 radical (unpaired) electrons. The Morgan fingerprint density at radius 1 is 1.48 bits per heavy atom. The minimum atomic E-state index is -0.101. The predicted octanol–water partition coefficient (Wildman–Crippen LogP) is 3.46. The molecule has 118 valence electrons. The van der Waals surface area contributed by atoms with E-state index in [0.29, 0.717) is 16.5 Å². The van der Waals surface area contributed by atoms with Crippen molar-refractivity contribution in [2.24, 2.45) is 5.92 Å². The van der Waals surface area contributed by atoms with E-state index in [1.165, 1.54) is 0 Å². The summed E-state index contributed by atoms with van der Waals surface area (Å²) < 4.78 is 0. The highest BCUT2D eigenvalue weighted by Gasteiger charge is 2.20. The van der Waals surface area contributed by atoms with E-state index in [1.54, 1.807) is 12.1 Å². The summed E-state index contributed by atoms with van der Waals surface area (Å²) in [6.07, 6.45) is 2.79. The first kappa shape index (κ1) is 18.6. The van der Waals surface area contributed by atoms with E-state index < -0.39 is 0 Å². The largest absolute Gasteiger partial charge is 0.352 e. The number of hydrogen-bond donors (Lipinski definition) is 2. The highest BCUT2D eigenvalue weighted by molar-refractivity contribution is 6.35. The van der Waals surface area contributed by atoms with Crippen molar-refractivity contribution in [2.45, 2.75) is 32.2 Å². The van der Waals surface area contributed by atoms with E-state index in [1.807, 2.05) is 13.0 Å². The zero-order valence-electron chi connectivity index (χ0n) is 12.0.